The van der Waals surface area contributed by atoms with Gasteiger partial charge in [0.1, 0.15) is 6.07 Å². The summed E-state index contributed by atoms with van der Waals surface area (Å²) in [5.41, 5.74) is -0.274. The van der Waals surface area contributed by atoms with Crippen molar-refractivity contribution in [3.8, 4) is 11.8 Å². The van der Waals surface area contributed by atoms with Crippen molar-refractivity contribution in [1.29, 1.82) is 5.26 Å². The number of methoxy groups -OCH3 is 1. The molecule has 0 bridgehead atoms. The molecule has 0 aromatic heterocycles. The first kappa shape index (κ1) is 13.1. The molecule has 88 valence electrons. The monoisotopic (exact) mass is 298 g/mol. The van der Waals surface area contributed by atoms with Crippen molar-refractivity contribution in [3.63, 3.8) is 0 Å². The summed E-state index contributed by atoms with van der Waals surface area (Å²) in [6.45, 7) is 0. The topological polar surface area (TPSA) is 93.2 Å². The molecule has 1 aromatic carbocycles. The Morgan fingerprint density at radius 1 is 1.65 bits per heavy atom. The number of ketones is 1. The molecule has 6 nitrogen and oxygen atoms in total. The van der Waals surface area contributed by atoms with Crippen molar-refractivity contribution in [3.05, 3.63) is 33.4 Å². The molecule has 0 spiro atoms. The zero-order valence-corrected chi connectivity index (χ0v) is 10.4. The lowest BCUT2D eigenvalue weighted by Gasteiger charge is -2.05. The van der Waals surface area contributed by atoms with E-state index in [1.54, 1.807) is 6.07 Å². The minimum absolute atomic E-state index is 0.0304. The number of carbonyl (C=O) groups excluding carboxylic acids is 1. The molecule has 0 N–H and O–H groups in total. The second-order valence-electron chi connectivity index (χ2n) is 3.00. The van der Waals surface area contributed by atoms with Gasteiger partial charge in [0.2, 0.25) is 0 Å². The standard InChI is InChI=1S/C10H7BrN2O4/c1-17-10-3-7(9(14)4-11)6(5-12)2-8(10)13(15)16/h2-3H,4H2,1H3. The molecular formula is C10H7BrN2O4. The number of alkyl halides is 1. The van der Waals surface area contributed by atoms with Gasteiger partial charge >= 0.3 is 5.69 Å². The molecule has 0 saturated carbocycles. The van der Waals surface area contributed by atoms with Gasteiger partial charge in [0.05, 0.1) is 22.9 Å². The largest absolute Gasteiger partial charge is 0.490 e. The van der Waals surface area contributed by atoms with Crippen molar-refractivity contribution in [1.82, 2.24) is 0 Å². The maximum Gasteiger partial charge on any atom is 0.312 e. The summed E-state index contributed by atoms with van der Waals surface area (Å²) in [4.78, 5) is 21.6. The molecule has 0 aliphatic carbocycles. The maximum absolute atomic E-state index is 11.5. The van der Waals surface area contributed by atoms with Gasteiger partial charge < -0.3 is 4.74 Å². The van der Waals surface area contributed by atoms with E-state index < -0.39 is 4.92 Å². The lowest BCUT2D eigenvalue weighted by molar-refractivity contribution is -0.385. The first-order valence-electron chi connectivity index (χ1n) is 4.40. The summed E-state index contributed by atoms with van der Waals surface area (Å²) in [6, 6.07) is 4.00. The zero-order chi connectivity index (χ0) is 13.0. The zero-order valence-electron chi connectivity index (χ0n) is 8.77. The molecule has 7 heteroatoms. The van der Waals surface area contributed by atoms with Gasteiger partial charge in [0.15, 0.2) is 11.5 Å². The van der Waals surface area contributed by atoms with Crippen LogP contribution in [0.15, 0.2) is 12.1 Å². The van der Waals surface area contributed by atoms with E-state index >= 15 is 0 Å². The molecule has 0 heterocycles. The molecule has 0 saturated heterocycles. The van der Waals surface area contributed by atoms with E-state index in [9.17, 15) is 14.9 Å². The molecule has 0 radical (unpaired) electrons. The Labute approximate surface area is 105 Å². The number of halogens is 1. The molecule has 0 atom stereocenters. The summed E-state index contributed by atoms with van der Waals surface area (Å²) in [7, 11) is 1.26. The number of hydrogen-bond donors (Lipinski definition) is 0. The molecule has 17 heavy (non-hydrogen) atoms. The van der Waals surface area contributed by atoms with Crippen molar-refractivity contribution in [2.24, 2.45) is 0 Å². The Morgan fingerprint density at radius 2 is 2.29 bits per heavy atom. The van der Waals surface area contributed by atoms with Crippen LogP contribution in [0.4, 0.5) is 5.69 Å². The number of ether oxygens (including phenoxy) is 1. The van der Waals surface area contributed by atoms with Crippen molar-refractivity contribution in [2.75, 3.05) is 12.4 Å². The number of nitriles is 1. The second-order valence-corrected chi connectivity index (χ2v) is 3.56. The average Bonchev–Trinajstić information content (AvgIpc) is 2.35. The minimum atomic E-state index is -0.665. The second kappa shape index (κ2) is 5.41. The third-order valence-electron chi connectivity index (χ3n) is 2.06. The van der Waals surface area contributed by atoms with Crippen LogP contribution in [0.3, 0.4) is 0 Å². The van der Waals surface area contributed by atoms with E-state index in [1.165, 1.54) is 13.2 Å². The normalized spacial score (nSPS) is 9.47. The molecular weight excluding hydrogens is 292 g/mol. The Morgan fingerprint density at radius 3 is 2.71 bits per heavy atom. The molecule has 0 aliphatic rings. The summed E-state index contributed by atoms with van der Waals surface area (Å²) >= 11 is 2.98. The average molecular weight is 299 g/mol. The maximum atomic E-state index is 11.5. The lowest BCUT2D eigenvalue weighted by Crippen LogP contribution is -2.05. The fourth-order valence-corrected chi connectivity index (χ4v) is 1.57. The third-order valence-corrected chi connectivity index (χ3v) is 2.57. The number of Topliss-reactive ketones (excluding diaryl/α,β-unsaturated/α-hetero) is 1. The van der Waals surface area contributed by atoms with Crippen molar-refractivity contribution < 1.29 is 14.5 Å². The Hall–Kier alpha value is -1.94. The third kappa shape index (κ3) is 2.60. The van der Waals surface area contributed by atoms with Crippen LogP contribution in [0.1, 0.15) is 15.9 Å². The van der Waals surface area contributed by atoms with Gasteiger partial charge in [-0.05, 0) is 6.07 Å². The number of carbonyl (C=O) groups is 1. The number of rotatable bonds is 4. The highest BCUT2D eigenvalue weighted by Gasteiger charge is 2.21. The molecule has 0 amide bonds. The summed E-state index contributed by atoms with van der Waals surface area (Å²) in [6.07, 6.45) is 0. The molecule has 0 aliphatic heterocycles. The van der Waals surface area contributed by atoms with Gasteiger partial charge in [-0.25, -0.2) is 0 Å². The van der Waals surface area contributed by atoms with E-state index in [0.717, 1.165) is 6.07 Å². The van der Waals surface area contributed by atoms with Crippen LogP contribution >= 0.6 is 15.9 Å². The Kier molecular flexibility index (Phi) is 4.17. The number of hydrogen-bond acceptors (Lipinski definition) is 5. The van der Waals surface area contributed by atoms with E-state index in [0.29, 0.717) is 0 Å². The van der Waals surface area contributed by atoms with Crippen LogP contribution in [0, 0.1) is 21.4 Å². The van der Waals surface area contributed by atoms with Gasteiger partial charge in [-0.3, -0.25) is 14.9 Å². The predicted octanol–water partition coefficient (Wildman–Crippen LogP) is 2.05. The van der Waals surface area contributed by atoms with Crippen LogP contribution in [0.5, 0.6) is 5.75 Å². The van der Waals surface area contributed by atoms with E-state index in [1.807, 2.05) is 0 Å². The Balaban J connectivity index is 3.50. The quantitative estimate of drug-likeness (QED) is 0.367. The van der Waals surface area contributed by atoms with E-state index in [4.69, 9.17) is 10.00 Å². The molecule has 1 aromatic rings. The first-order valence-corrected chi connectivity index (χ1v) is 5.53. The molecule has 1 rings (SSSR count). The van der Waals surface area contributed by atoms with Gasteiger partial charge in [-0.2, -0.15) is 5.26 Å². The minimum Gasteiger partial charge on any atom is -0.490 e. The number of benzene rings is 1. The van der Waals surface area contributed by atoms with Gasteiger partial charge in [0.25, 0.3) is 0 Å². The highest BCUT2D eigenvalue weighted by atomic mass is 79.9. The van der Waals surface area contributed by atoms with E-state index in [2.05, 4.69) is 15.9 Å². The summed E-state index contributed by atoms with van der Waals surface area (Å²) < 4.78 is 4.82. The van der Waals surface area contributed by atoms with Crippen LogP contribution in [-0.2, 0) is 0 Å². The number of nitro groups is 1. The summed E-state index contributed by atoms with van der Waals surface area (Å²) in [5.74, 6) is -0.381. The predicted molar refractivity (Wildman–Crippen MR) is 62.5 cm³/mol. The van der Waals surface area contributed by atoms with Gasteiger partial charge in [0, 0.05) is 11.6 Å². The first-order chi connectivity index (χ1) is 8.04. The van der Waals surface area contributed by atoms with Crippen molar-refractivity contribution in [2.45, 2.75) is 0 Å². The lowest BCUT2D eigenvalue weighted by atomic mass is 10.0. The van der Waals surface area contributed by atoms with Gasteiger partial charge in [-0.1, -0.05) is 15.9 Å². The smallest absolute Gasteiger partial charge is 0.312 e. The van der Waals surface area contributed by atoms with Gasteiger partial charge in [-0.15, -0.1) is 0 Å². The SMILES string of the molecule is COc1cc(C(=O)CBr)c(C#N)cc1[N+](=O)[O-]. The highest BCUT2D eigenvalue weighted by molar-refractivity contribution is 9.09. The van der Waals surface area contributed by atoms with E-state index in [-0.39, 0.29) is 33.7 Å². The summed E-state index contributed by atoms with van der Waals surface area (Å²) in [5, 5.41) is 19.6. The Bertz CT molecular complexity index is 522. The molecule has 0 unspecified atom stereocenters. The fourth-order valence-electron chi connectivity index (χ4n) is 1.27. The van der Waals surface area contributed by atoms with Crippen LogP contribution < -0.4 is 4.74 Å². The van der Waals surface area contributed by atoms with Crippen LogP contribution in [0.25, 0.3) is 0 Å². The van der Waals surface area contributed by atoms with Crippen molar-refractivity contribution >= 4 is 27.4 Å². The fraction of sp³-hybridized carbons (Fsp3) is 0.200. The number of nitrogens with zero attached hydrogens (tertiary/aromatic N) is 2. The van der Waals surface area contributed by atoms with Crippen LogP contribution in [0.2, 0.25) is 0 Å². The highest BCUT2D eigenvalue weighted by Crippen LogP contribution is 2.30. The van der Waals surface area contributed by atoms with Crippen LogP contribution in [-0.4, -0.2) is 23.1 Å². The number of nitro benzene ring substituents is 1. The molecule has 0 fully saturated rings.